The molecule has 0 aromatic heterocycles. The number of aliphatic carboxylic acids is 1. The number of nitriles is 2. The predicted octanol–water partition coefficient (Wildman–Crippen LogP) is -4.44. The number of carbonyl (C=O) groups is 2. The third-order valence-electron chi connectivity index (χ3n) is 0.698. The number of hydrogen-bond donors (Lipinski definition) is 0. The van der Waals surface area contributed by atoms with Crippen molar-refractivity contribution in [3.05, 3.63) is 0 Å². The van der Waals surface area contributed by atoms with E-state index in [0.717, 1.165) is 0 Å². The van der Waals surface area contributed by atoms with Gasteiger partial charge >= 0.3 is 64.7 Å². The third-order valence-corrected chi connectivity index (χ3v) is 1.35. The summed E-state index contributed by atoms with van der Waals surface area (Å²) in [5.41, 5.74) is 0. The molecule has 0 aromatic carbocycles. The summed E-state index contributed by atoms with van der Waals surface area (Å²) in [5, 5.41) is 29.0. The molecule has 0 aliphatic rings. The van der Waals surface area contributed by atoms with Crippen LogP contribution in [0.3, 0.4) is 0 Å². The summed E-state index contributed by atoms with van der Waals surface area (Å²) < 4.78 is 12.7. The maximum Gasteiger partial charge on any atom is 1.00 e. The quantitative estimate of drug-likeness (QED) is 0.211. The SMILES string of the molecule is N#CSOB(OSC#N)OC(=O)C(=O)[O-].[K+]. The van der Waals surface area contributed by atoms with Crippen molar-refractivity contribution >= 4 is 43.3 Å². The average Bonchev–Trinajstić information content (AvgIpc) is 2.21. The second-order valence-corrected chi connectivity index (χ2v) is 2.61. The molecule has 0 rings (SSSR count). The maximum absolute atomic E-state index is 10.5. The van der Waals surface area contributed by atoms with Gasteiger partial charge in [-0.3, -0.25) is 8.20 Å². The first-order chi connectivity index (χ1) is 7.11. The average molecular weight is 286 g/mol. The van der Waals surface area contributed by atoms with Crippen molar-refractivity contribution in [3.8, 4) is 10.8 Å². The van der Waals surface area contributed by atoms with Gasteiger partial charge in [0.25, 0.3) is 0 Å². The molecule has 0 heterocycles. The maximum atomic E-state index is 10.5. The molecule has 78 valence electrons. The molecule has 0 bridgehead atoms. The van der Waals surface area contributed by atoms with E-state index < -0.39 is 19.3 Å². The minimum Gasteiger partial charge on any atom is -0.539 e. The fourth-order valence-electron chi connectivity index (χ4n) is 0.312. The zero-order valence-electron chi connectivity index (χ0n) is 7.74. The van der Waals surface area contributed by atoms with Crippen LogP contribution in [0.25, 0.3) is 0 Å². The van der Waals surface area contributed by atoms with Crippen molar-refractivity contribution < 1.29 is 78.9 Å². The van der Waals surface area contributed by atoms with Gasteiger partial charge in [0, 0.05) is 0 Å². The van der Waals surface area contributed by atoms with Crippen molar-refractivity contribution in [2.75, 3.05) is 0 Å². The van der Waals surface area contributed by atoms with E-state index in [1.54, 1.807) is 0 Å². The van der Waals surface area contributed by atoms with Gasteiger partial charge < -0.3 is 14.6 Å². The zero-order chi connectivity index (χ0) is 11.7. The van der Waals surface area contributed by atoms with Crippen molar-refractivity contribution in [1.82, 2.24) is 0 Å². The minimum atomic E-state index is -2.10. The molecule has 0 N–H and O–H groups in total. The summed E-state index contributed by atoms with van der Waals surface area (Å²) >= 11 is 0.375. The number of thiocyanates is 2. The molecule has 0 aliphatic heterocycles. The van der Waals surface area contributed by atoms with Crippen LogP contribution in [-0.2, 0) is 22.4 Å². The molecule has 0 atom stereocenters. The van der Waals surface area contributed by atoms with Crippen molar-refractivity contribution in [1.29, 1.82) is 10.5 Å². The smallest absolute Gasteiger partial charge is 0.539 e. The van der Waals surface area contributed by atoms with Crippen LogP contribution in [0.1, 0.15) is 0 Å². The summed E-state index contributed by atoms with van der Waals surface area (Å²) in [6.45, 7) is 0. The van der Waals surface area contributed by atoms with Crippen LogP contribution in [0.2, 0.25) is 0 Å². The van der Waals surface area contributed by atoms with Crippen molar-refractivity contribution in [3.63, 3.8) is 0 Å². The van der Waals surface area contributed by atoms with Gasteiger partial charge in [-0.1, -0.05) is 0 Å². The van der Waals surface area contributed by atoms with E-state index in [-0.39, 0.29) is 75.5 Å². The molecule has 16 heavy (non-hydrogen) atoms. The number of carboxylic acids is 1. The van der Waals surface area contributed by atoms with E-state index in [1.807, 2.05) is 0 Å². The molecule has 0 aromatic rings. The molecule has 0 unspecified atom stereocenters. The predicted molar refractivity (Wildman–Crippen MR) is 45.4 cm³/mol. The van der Waals surface area contributed by atoms with Gasteiger partial charge in [-0.2, -0.15) is 10.5 Å². The fraction of sp³-hybridized carbons (Fsp3) is 0. The van der Waals surface area contributed by atoms with Crippen LogP contribution in [0.15, 0.2) is 0 Å². The largest absolute Gasteiger partial charge is 1.00 e. The van der Waals surface area contributed by atoms with Crippen LogP contribution in [0.4, 0.5) is 0 Å². The van der Waals surface area contributed by atoms with E-state index in [4.69, 9.17) is 10.5 Å². The van der Waals surface area contributed by atoms with Gasteiger partial charge in [0.1, 0.15) is 24.1 Å². The Morgan fingerprint density at radius 3 is 1.94 bits per heavy atom. The summed E-state index contributed by atoms with van der Waals surface area (Å²) in [7, 11) is -1.79. The van der Waals surface area contributed by atoms with Gasteiger partial charge in [-0.05, 0) is 0 Å². The first-order valence-electron chi connectivity index (χ1n) is 2.96. The van der Waals surface area contributed by atoms with Crippen LogP contribution in [-0.4, -0.2) is 19.3 Å². The van der Waals surface area contributed by atoms with Crippen LogP contribution in [0, 0.1) is 21.3 Å². The Morgan fingerprint density at radius 2 is 1.62 bits per heavy atom. The summed E-state index contributed by atoms with van der Waals surface area (Å²) in [6, 6.07) is 0. The standard InChI is InChI=1S/C4HBN2O6S2.K/c6-1-14-12-5(13-15-2-7)11-4(10)3(8)9;/h(H,8,9);/q;+1/p-1. The number of rotatable bonds is 5. The Morgan fingerprint density at radius 1 is 1.19 bits per heavy atom. The molecule has 0 fully saturated rings. The van der Waals surface area contributed by atoms with E-state index in [2.05, 4.69) is 12.9 Å². The molecule has 0 saturated carbocycles. The molecule has 8 nitrogen and oxygen atoms in total. The Kier molecular flexibility index (Phi) is 13.6. The molecular weight excluding hydrogens is 286 g/mol. The molecule has 0 aliphatic carbocycles. The van der Waals surface area contributed by atoms with Gasteiger partial charge in [-0.25, -0.2) is 4.79 Å². The summed E-state index contributed by atoms with van der Waals surface area (Å²) in [4.78, 5) is 20.4. The summed E-state index contributed by atoms with van der Waals surface area (Å²) in [6.07, 6.45) is 0. The fourth-order valence-corrected chi connectivity index (χ4v) is 0.762. The molecular formula is C4BKN2O6S2. The first-order valence-corrected chi connectivity index (χ1v) is 4.45. The van der Waals surface area contributed by atoms with Crippen molar-refractivity contribution in [2.24, 2.45) is 0 Å². The molecule has 0 amide bonds. The first kappa shape index (κ1) is 18.6. The van der Waals surface area contributed by atoms with Crippen LogP contribution in [0.5, 0.6) is 0 Å². The van der Waals surface area contributed by atoms with Crippen LogP contribution < -0.4 is 56.5 Å². The van der Waals surface area contributed by atoms with Gasteiger partial charge in [0.05, 0.1) is 0 Å². The Bertz CT molecular complexity index is 311. The Balaban J connectivity index is 0. The second kappa shape index (κ2) is 11.7. The third kappa shape index (κ3) is 9.47. The van der Waals surface area contributed by atoms with Crippen LogP contribution >= 0.6 is 24.1 Å². The number of hydrogen-bond acceptors (Lipinski definition) is 10. The van der Waals surface area contributed by atoms with E-state index >= 15 is 0 Å². The second-order valence-electron chi connectivity index (χ2n) is 1.52. The number of carboxylic acid groups (broad SMARTS) is 1. The molecule has 12 heteroatoms. The van der Waals surface area contributed by atoms with Gasteiger partial charge in [-0.15, -0.1) is 0 Å². The molecule has 0 radical (unpaired) electrons. The zero-order valence-corrected chi connectivity index (χ0v) is 12.5. The minimum absolute atomic E-state index is 0. The Hall–Kier alpha value is 0.241. The normalized spacial score (nSPS) is 7.88. The van der Waals surface area contributed by atoms with Gasteiger partial charge in [0.15, 0.2) is 16.8 Å². The number of carbonyl (C=O) groups excluding carboxylic acids is 2. The summed E-state index contributed by atoms with van der Waals surface area (Å²) in [5.74, 6) is -3.84. The van der Waals surface area contributed by atoms with E-state index in [9.17, 15) is 14.7 Å². The topological polar surface area (TPSA) is 132 Å². The molecule has 0 spiro atoms. The Labute approximate surface area is 142 Å². The molecule has 0 saturated heterocycles. The van der Waals surface area contributed by atoms with E-state index in [1.165, 1.54) is 10.8 Å². The van der Waals surface area contributed by atoms with Gasteiger partial charge in [0.2, 0.25) is 0 Å². The monoisotopic (exact) mass is 286 g/mol. The van der Waals surface area contributed by atoms with Crippen molar-refractivity contribution in [2.45, 2.75) is 0 Å². The number of nitrogens with zero attached hydrogens (tertiary/aromatic N) is 2. The van der Waals surface area contributed by atoms with E-state index in [0.29, 0.717) is 0 Å².